The van der Waals surface area contributed by atoms with E-state index in [1.54, 1.807) is 0 Å². The van der Waals surface area contributed by atoms with Crippen molar-refractivity contribution < 1.29 is 19.4 Å². The van der Waals surface area contributed by atoms with Gasteiger partial charge in [-0.1, -0.05) is 0 Å². The van der Waals surface area contributed by atoms with E-state index in [2.05, 4.69) is 0 Å². The second-order valence-electron chi connectivity index (χ2n) is 4.25. The highest BCUT2D eigenvalue weighted by molar-refractivity contribution is 5.72. The molecule has 0 spiro atoms. The molecule has 1 unspecified atom stereocenters. The topological polar surface area (TPSA) is 63.6 Å². The van der Waals surface area contributed by atoms with Crippen molar-refractivity contribution in [3.05, 3.63) is 0 Å². The number of rotatable bonds is 2. The molecule has 14 heavy (non-hydrogen) atoms. The van der Waals surface area contributed by atoms with Crippen molar-refractivity contribution in [2.45, 2.75) is 32.3 Å². The predicted octanol–water partition coefficient (Wildman–Crippen LogP) is 1.05. The van der Waals surface area contributed by atoms with E-state index >= 15 is 0 Å². The van der Waals surface area contributed by atoms with Gasteiger partial charge in [-0.2, -0.15) is 0 Å². The molecule has 4 atom stereocenters. The maximum Gasteiger partial charge on any atom is 0.307 e. The molecule has 0 aromatic rings. The Morgan fingerprint density at radius 1 is 1.36 bits per heavy atom. The molecule has 4 nitrogen and oxygen atoms in total. The smallest absolute Gasteiger partial charge is 0.307 e. The van der Waals surface area contributed by atoms with Gasteiger partial charge in [-0.3, -0.25) is 9.59 Å². The number of ether oxygens (including phenoxy) is 1. The van der Waals surface area contributed by atoms with Gasteiger partial charge in [0.2, 0.25) is 0 Å². The van der Waals surface area contributed by atoms with E-state index in [0.29, 0.717) is 0 Å². The van der Waals surface area contributed by atoms with Crippen molar-refractivity contribution in [3.63, 3.8) is 0 Å². The second-order valence-corrected chi connectivity index (χ2v) is 4.25. The summed E-state index contributed by atoms with van der Waals surface area (Å²) < 4.78 is 5.12. The van der Waals surface area contributed by atoms with Crippen LogP contribution in [0.2, 0.25) is 0 Å². The molecule has 2 fully saturated rings. The molecule has 2 aliphatic rings. The van der Waals surface area contributed by atoms with Gasteiger partial charge in [0.1, 0.15) is 6.10 Å². The fourth-order valence-electron chi connectivity index (χ4n) is 3.00. The maximum atomic E-state index is 11.0. The monoisotopic (exact) mass is 198 g/mol. The van der Waals surface area contributed by atoms with Crippen molar-refractivity contribution in [3.8, 4) is 0 Å². The predicted molar refractivity (Wildman–Crippen MR) is 47.5 cm³/mol. The highest BCUT2D eigenvalue weighted by Crippen LogP contribution is 2.50. The largest absolute Gasteiger partial charge is 0.481 e. The minimum atomic E-state index is -0.729. The summed E-state index contributed by atoms with van der Waals surface area (Å²) in [4.78, 5) is 21.7. The number of carbonyl (C=O) groups excluding carboxylic acids is 1. The molecule has 1 N–H and O–H groups in total. The first-order valence-electron chi connectivity index (χ1n) is 4.99. The summed E-state index contributed by atoms with van der Waals surface area (Å²) >= 11 is 0. The van der Waals surface area contributed by atoms with E-state index in [4.69, 9.17) is 9.84 Å². The molecule has 0 heterocycles. The number of esters is 1. The van der Waals surface area contributed by atoms with Gasteiger partial charge in [0.05, 0.1) is 5.92 Å². The first kappa shape index (κ1) is 9.49. The highest BCUT2D eigenvalue weighted by Gasteiger charge is 2.52. The van der Waals surface area contributed by atoms with Gasteiger partial charge in [0.15, 0.2) is 0 Å². The van der Waals surface area contributed by atoms with E-state index in [9.17, 15) is 9.59 Å². The Labute approximate surface area is 82.2 Å². The number of hydrogen-bond acceptors (Lipinski definition) is 3. The van der Waals surface area contributed by atoms with Crippen molar-refractivity contribution in [1.82, 2.24) is 0 Å². The van der Waals surface area contributed by atoms with Gasteiger partial charge in [0.25, 0.3) is 0 Å². The Kier molecular flexibility index (Phi) is 2.21. The Bertz CT molecular complexity index is 273. The molecule has 2 bridgehead atoms. The van der Waals surface area contributed by atoms with Crippen LogP contribution >= 0.6 is 0 Å². The van der Waals surface area contributed by atoms with E-state index in [1.807, 2.05) is 0 Å². The summed E-state index contributed by atoms with van der Waals surface area (Å²) in [5.74, 6) is -1.03. The minimum Gasteiger partial charge on any atom is -0.481 e. The van der Waals surface area contributed by atoms with Gasteiger partial charge in [-0.25, -0.2) is 0 Å². The number of hydrogen-bond donors (Lipinski definition) is 1. The van der Waals surface area contributed by atoms with Crippen LogP contribution in [0.15, 0.2) is 0 Å². The summed E-state index contributed by atoms with van der Waals surface area (Å²) in [6, 6.07) is 0. The van der Waals surface area contributed by atoms with Crippen LogP contribution < -0.4 is 0 Å². The van der Waals surface area contributed by atoms with Crippen LogP contribution in [0.4, 0.5) is 0 Å². The number of carboxylic acids is 1. The zero-order valence-electron chi connectivity index (χ0n) is 8.10. The standard InChI is InChI=1S/C10H14O4/c1-5(11)14-8-4-6-2-3-7(8)9(6)10(12)13/h6-9H,2-4H2,1H3,(H,12,13)/t6-,7+,8-,9?/m0/s1. The second kappa shape index (κ2) is 3.26. The Morgan fingerprint density at radius 2 is 2.07 bits per heavy atom. The van der Waals surface area contributed by atoms with Crippen LogP contribution in [0.3, 0.4) is 0 Å². The third-order valence-corrected chi connectivity index (χ3v) is 3.46. The van der Waals surface area contributed by atoms with E-state index in [-0.39, 0.29) is 29.8 Å². The van der Waals surface area contributed by atoms with Gasteiger partial charge >= 0.3 is 11.9 Å². The SMILES string of the molecule is CC(=O)O[C@H]1C[C@@H]2CC[C@H]1C2C(=O)O. The first-order valence-corrected chi connectivity index (χ1v) is 4.99. The number of aliphatic carboxylic acids is 1. The third-order valence-electron chi connectivity index (χ3n) is 3.46. The van der Waals surface area contributed by atoms with Gasteiger partial charge in [-0.15, -0.1) is 0 Å². The highest BCUT2D eigenvalue weighted by atomic mass is 16.5. The fraction of sp³-hybridized carbons (Fsp3) is 0.800. The van der Waals surface area contributed by atoms with Crippen molar-refractivity contribution >= 4 is 11.9 Å². The summed E-state index contributed by atoms with van der Waals surface area (Å²) in [5.41, 5.74) is 0. The molecular formula is C10H14O4. The van der Waals surface area contributed by atoms with Crippen molar-refractivity contribution in [1.29, 1.82) is 0 Å². The Balaban J connectivity index is 2.07. The fourth-order valence-corrected chi connectivity index (χ4v) is 3.00. The average molecular weight is 198 g/mol. The molecule has 0 aliphatic heterocycles. The summed E-state index contributed by atoms with van der Waals surface area (Å²) in [5, 5.41) is 9.01. The van der Waals surface area contributed by atoms with Crippen molar-refractivity contribution in [2.75, 3.05) is 0 Å². The Hall–Kier alpha value is -1.06. The minimum absolute atomic E-state index is 0.0569. The van der Waals surface area contributed by atoms with E-state index in [1.165, 1.54) is 6.92 Å². The molecule has 2 aliphatic carbocycles. The lowest BCUT2D eigenvalue weighted by atomic mass is 9.97. The lowest BCUT2D eigenvalue weighted by molar-refractivity contribution is -0.151. The molecule has 2 saturated carbocycles. The molecule has 0 saturated heterocycles. The molecule has 2 rings (SSSR count). The molecule has 0 aromatic carbocycles. The van der Waals surface area contributed by atoms with Crippen LogP contribution in [-0.4, -0.2) is 23.1 Å². The van der Waals surface area contributed by atoms with Gasteiger partial charge in [0, 0.05) is 12.8 Å². The molecule has 78 valence electrons. The summed E-state index contributed by atoms with van der Waals surface area (Å²) in [6.45, 7) is 1.38. The average Bonchev–Trinajstić information content (AvgIpc) is 2.58. The number of fused-ring (bicyclic) bond motifs is 2. The van der Waals surface area contributed by atoms with Crippen LogP contribution in [0.1, 0.15) is 26.2 Å². The lowest BCUT2D eigenvalue weighted by Gasteiger charge is -2.21. The zero-order valence-corrected chi connectivity index (χ0v) is 8.10. The zero-order chi connectivity index (χ0) is 10.3. The number of carbonyl (C=O) groups is 2. The number of carboxylic acid groups (broad SMARTS) is 1. The lowest BCUT2D eigenvalue weighted by Crippen LogP contribution is -2.26. The van der Waals surface area contributed by atoms with E-state index < -0.39 is 5.97 Å². The van der Waals surface area contributed by atoms with Crippen molar-refractivity contribution in [2.24, 2.45) is 17.8 Å². The Morgan fingerprint density at radius 3 is 2.57 bits per heavy atom. The van der Waals surface area contributed by atoms with E-state index in [0.717, 1.165) is 19.3 Å². The van der Waals surface area contributed by atoms with Crippen LogP contribution in [-0.2, 0) is 14.3 Å². The van der Waals surface area contributed by atoms with Gasteiger partial charge < -0.3 is 9.84 Å². The molecular weight excluding hydrogens is 184 g/mol. The quantitative estimate of drug-likeness (QED) is 0.673. The van der Waals surface area contributed by atoms with Gasteiger partial charge in [-0.05, 0) is 25.2 Å². The third kappa shape index (κ3) is 1.38. The molecule has 4 heteroatoms. The van der Waals surface area contributed by atoms with Crippen LogP contribution in [0.5, 0.6) is 0 Å². The normalized spacial score (nSPS) is 39.8. The molecule has 0 aromatic heterocycles. The van der Waals surface area contributed by atoms with Crippen LogP contribution in [0.25, 0.3) is 0 Å². The summed E-state index contributed by atoms with van der Waals surface area (Å²) in [7, 11) is 0. The first-order chi connectivity index (χ1) is 6.59. The maximum absolute atomic E-state index is 11.0. The van der Waals surface area contributed by atoms with Crippen LogP contribution in [0, 0.1) is 17.8 Å². The summed E-state index contributed by atoms with van der Waals surface area (Å²) in [6.07, 6.45) is 2.45. The molecule has 0 amide bonds. The molecule has 0 radical (unpaired) electrons.